The van der Waals surface area contributed by atoms with E-state index in [4.69, 9.17) is 4.74 Å². The summed E-state index contributed by atoms with van der Waals surface area (Å²) >= 11 is 3.36. The first-order valence-electron chi connectivity index (χ1n) is 6.56. The number of aromatic nitrogens is 3. The zero-order valence-corrected chi connectivity index (χ0v) is 13.9. The Morgan fingerprint density at radius 3 is 2.76 bits per heavy atom. The van der Waals surface area contributed by atoms with Crippen molar-refractivity contribution in [3.05, 3.63) is 40.4 Å². The van der Waals surface area contributed by atoms with E-state index in [0.717, 1.165) is 11.0 Å². The lowest BCUT2D eigenvalue weighted by molar-refractivity contribution is 0.199. The topological polar surface area (TPSA) is 63.4 Å². The molecule has 0 amide bonds. The van der Waals surface area contributed by atoms with Crippen molar-refractivity contribution in [3.63, 3.8) is 0 Å². The molecule has 0 fully saturated rings. The van der Waals surface area contributed by atoms with E-state index in [1.807, 2.05) is 20.2 Å². The van der Waals surface area contributed by atoms with E-state index in [1.165, 1.54) is 0 Å². The number of hydrogen-bond acceptors (Lipinski definition) is 5. The summed E-state index contributed by atoms with van der Waals surface area (Å²) in [7, 11) is 5.56. The summed E-state index contributed by atoms with van der Waals surface area (Å²) in [6.45, 7) is 1.49. The number of hydrogen-bond donors (Lipinski definition) is 1. The minimum atomic E-state index is -0.838. The van der Waals surface area contributed by atoms with Crippen LogP contribution in [0.4, 0.5) is 0 Å². The molecule has 1 atom stereocenters. The SMILES string of the molecule is COc1cnn(CCN(C)C)c1C(O)c1cncc(Br)c1. The number of halogens is 1. The fraction of sp³-hybridized carbons (Fsp3) is 0.429. The van der Waals surface area contributed by atoms with Crippen LogP contribution in [0, 0.1) is 0 Å². The van der Waals surface area contributed by atoms with Gasteiger partial charge in [-0.3, -0.25) is 9.67 Å². The average Bonchev–Trinajstić information content (AvgIpc) is 2.87. The number of likely N-dealkylation sites (N-methyl/N-ethyl adjacent to an activating group) is 1. The molecule has 0 spiro atoms. The minimum absolute atomic E-state index is 0.571. The van der Waals surface area contributed by atoms with Crippen molar-refractivity contribution in [3.8, 4) is 5.75 Å². The zero-order valence-electron chi connectivity index (χ0n) is 12.3. The lowest BCUT2D eigenvalue weighted by Gasteiger charge is -2.17. The van der Waals surface area contributed by atoms with E-state index in [0.29, 0.717) is 23.6 Å². The Balaban J connectivity index is 2.34. The Kier molecular flexibility index (Phi) is 5.33. The van der Waals surface area contributed by atoms with Crippen molar-refractivity contribution in [1.29, 1.82) is 0 Å². The summed E-state index contributed by atoms with van der Waals surface area (Å²) in [5, 5.41) is 14.9. The van der Waals surface area contributed by atoms with Crippen molar-refractivity contribution in [2.45, 2.75) is 12.6 Å². The fourth-order valence-corrected chi connectivity index (χ4v) is 2.40. The van der Waals surface area contributed by atoms with Crippen molar-refractivity contribution in [2.24, 2.45) is 0 Å². The number of pyridine rings is 1. The Hall–Kier alpha value is -1.44. The van der Waals surface area contributed by atoms with Gasteiger partial charge in [-0.25, -0.2) is 0 Å². The summed E-state index contributed by atoms with van der Waals surface area (Å²) < 4.78 is 7.90. The standard InChI is InChI=1S/C14H19BrN4O2/c1-18(2)4-5-19-13(12(21-3)9-17-19)14(20)10-6-11(15)8-16-7-10/h6-9,14,20H,4-5H2,1-3H3. The highest BCUT2D eigenvalue weighted by molar-refractivity contribution is 9.10. The van der Waals surface area contributed by atoms with Gasteiger partial charge in [0.25, 0.3) is 0 Å². The van der Waals surface area contributed by atoms with Gasteiger partial charge in [0.05, 0.1) is 19.9 Å². The lowest BCUT2D eigenvalue weighted by atomic mass is 10.1. The predicted octanol–water partition coefficient (Wildman–Crippen LogP) is 1.69. The minimum Gasteiger partial charge on any atom is -0.493 e. The molecule has 0 bridgehead atoms. The highest BCUT2D eigenvalue weighted by Crippen LogP contribution is 2.30. The van der Waals surface area contributed by atoms with Crippen LogP contribution in [0.25, 0.3) is 0 Å². The molecule has 2 heterocycles. The summed E-state index contributed by atoms with van der Waals surface area (Å²) in [6.07, 6.45) is 4.10. The number of nitrogens with zero attached hydrogens (tertiary/aromatic N) is 4. The monoisotopic (exact) mass is 354 g/mol. The highest BCUT2D eigenvalue weighted by Gasteiger charge is 2.22. The summed E-state index contributed by atoms with van der Waals surface area (Å²) in [6, 6.07) is 1.83. The molecule has 1 N–H and O–H groups in total. The van der Waals surface area contributed by atoms with Crippen LogP contribution in [0.5, 0.6) is 5.75 Å². The van der Waals surface area contributed by atoms with E-state index in [1.54, 1.807) is 30.4 Å². The average molecular weight is 355 g/mol. The molecule has 0 saturated heterocycles. The van der Waals surface area contributed by atoms with E-state index >= 15 is 0 Å². The van der Waals surface area contributed by atoms with Crippen molar-refractivity contribution in [2.75, 3.05) is 27.7 Å². The van der Waals surface area contributed by atoms with Gasteiger partial charge in [-0.1, -0.05) is 0 Å². The van der Waals surface area contributed by atoms with Gasteiger partial charge in [-0.15, -0.1) is 0 Å². The number of aliphatic hydroxyl groups is 1. The maximum atomic E-state index is 10.6. The van der Waals surface area contributed by atoms with Gasteiger partial charge in [0.15, 0.2) is 5.75 Å². The largest absolute Gasteiger partial charge is 0.493 e. The van der Waals surface area contributed by atoms with Gasteiger partial charge in [-0.2, -0.15) is 5.10 Å². The van der Waals surface area contributed by atoms with Crippen LogP contribution in [-0.2, 0) is 6.54 Å². The van der Waals surface area contributed by atoms with Gasteiger partial charge < -0.3 is 14.7 Å². The van der Waals surface area contributed by atoms with Crippen LogP contribution < -0.4 is 4.74 Å². The highest BCUT2D eigenvalue weighted by atomic mass is 79.9. The second-order valence-electron chi connectivity index (χ2n) is 4.96. The number of methoxy groups -OCH3 is 1. The molecule has 2 aromatic rings. The molecule has 114 valence electrons. The molecule has 2 rings (SSSR count). The maximum Gasteiger partial charge on any atom is 0.163 e. The van der Waals surface area contributed by atoms with Gasteiger partial charge in [0, 0.05) is 29.0 Å². The number of aliphatic hydroxyl groups excluding tert-OH is 1. The Morgan fingerprint density at radius 1 is 1.38 bits per heavy atom. The first-order valence-corrected chi connectivity index (χ1v) is 7.35. The van der Waals surface area contributed by atoms with Gasteiger partial charge in [0.1, 0.15) is 11.8 Å². The van der Waals surface area contributed by atoms with Gasteiger partial charge >= 0.3 is 0 Å². The smallest absolute Gasteiger partial charge is 0.163 e. The zero-order chi connectivity index (χ0) is 15.4. The van der Waals surface area contributed by atoms with E-state index in [9.17, 15) is 5.11 Å². The summed E-state index contributed by atoms with van der Waals surface area (Å²) in [4.78, 5) is 6.15. The molecule has 6 nitrogen and oxygen atoms in total. The van der Waals surface area contributed by atoms with Crippen molar-refractivity contribution >= 4 is 15.9 Å². The van der Waals surface area contributed by atoms with Crippen LogP contribution in [0.3, 0.4) is 0 Å². The van der Waals surface area contributed by atoms with Crippen LogP contribution in [0.2, 0.25) is 0 Å². The van der Waals surface area contributed by atoms with Crippen LogP contribution in [0.15, 0.2) is 29.1 Å². The Morgan fingerprint density at radius 2 is 2.14 bits per heavy atom. The molecule has 1 unspecified atom stereocenters. The Bertz CT molecular complexity index is 600. The molecular weight excluding hydrogens is 336 g/mol. The fourth-order valence-electron chi connectivity index (χ4n) is 2.02. The van der Waals surface area contributed by atoms with Crippen LogP contribution in [-0.4, -0.2) is 52.5 Å². The third kappa shape index (κ3) is 3.81. The quantitative estimate of drug-likeness (QED) is 0.855. The number of ether oxygens (including phenoxy) is 1. The third-order valence-corrected chi connectivity index (χ3v) is 3.56. The lowest BCUT2D eigenvalue weighted by Crippen LogP contribution is -2.21. The van der Waals surface area contributed by atoms with Crippen molar-refractivity contribution < 1.29 is 9.84 Å². The molecule has 0 aliphatic heterocycles. The molecular formula is C14H19BrN4O2. The van der Waals surface area contributed by atoms with Crippen LogP contribution in [0.1, 0.15) is 17.4 Å². The molecule has 21 heavy (non-hydrogen) atoms. The molecule has 0 aromatic carbocycles. The van der Waals surface area contributed by atoms with E-state index < -0.39 is 6.10 Å². The van der Waals surface area contributed by atoms with Crippen molar-refractivity contribution in [1.82, 2.24) is 19.7 Å². The molecule has 0 aliphatic carbocycles. The normalized spacial score (nSPS) is 12.7. The van der Waals surface area contributed by atoms with Gasteiger partial charge in [-0.05, 0) is 36.1 Å². The second kappa shape index (κ2) is 7.02. The molecule has 7 heteroatoms. The van der Waals surface area contributed by atoms with E-state index in [-0.39, 0.29) is 0 Å². The number of rotatable bonds is 6. The Labute approximate surface area is 132 Å². The first-order chi connectivity index (χ1) is 10.0. The second-order valence-corrected chi connectivity index (χ2v) is 5.88. The maximum absolute atomic E-state index is 10.6. The molecule has 0 saturated carbocycles. The van der Waals surface area contributed by atoms with Crippen LogP contribution >= 0.6 is 15.9 Å². The first kappa shape index (κ1) is 15.9. The van der Waals surface area contributed by atoms with Gasteiger partial charge in [0.2, 0.25) is 0 Å². The third-order valence-electron chi connectivity index (χ3n) is 3.12. The summed E-state index contributed by atoms with van der Waals surface area (Å²) in [5.41, 5.74) is 1.33. The molecule has 2 aromatic heterocycles. The molecule has 0 radical (unpaired) electrons. The predicted molar refractivity (Wildman–Crippen MR) is 83.3 cm³/mol. The summed E-state index contributed by atoms with van der Waals surface area (Å²) in [5.74, 6) is 0.571. The van der Waals surface area contributed by atoms with E-state index in [2.05, 4.69) is 30.9 Å². The molecule has 0 aliphatic rings.